The van der Waals surface area contributed by atoms with E-state index in [1.807, 2.05) is 0 Å². The van der Waals surface area contributed by atoms with E-state index < -0.39 is 25.7 Å². The number of nitrogens with one attached hydrogen (secondary N) is 1. The molecule has 0 saturated carbocycles. The third-order valence-corrected chi connectivity index (χ3v) is 5.50. The average Bonchev–Trinajstić information content (AvgIpc) is 2.85. The van der Waals surface area contributed by atoms with Crippen LogP contribution in [-0.2, 0) is 20.1 Å². The highest BCUT2D eigenvalue weighted by Crippen LogP contribution is 2.25. The summed E-state index contributed by atoms with van der Waals surface area (Å²) in [6.45, 7) is 0. The molecule has 0 amide bonds. The van der Waals surface area contributed by atoms with Crippen LogP contribution in [0.25, 0.3) is 10.9 Å². The van der Waals surface area contributed by atoms with Crippen LogP contribution in [0.4, 0.5) is 0 Å². The Hall–Kier alpha value is -2.59. The lowest BCUT2D eigenvalue weighted by molar-refractivity contribution is 0.464. The van der Waals surface area contributed by atoms with Gasteiger partial charge in [0.25, 0.3) is 5.56 Å². The predicted octanol–water partition coefficient (Wildman–Crippen LogP) is 0.905. The van der Waals surface area contributed by atoms with Crippen LogP contribution in [0.15, 0.2) is 58.2 Å². The van der Waals surface area contributed by atoms with Crippen molar-refractivity contribution < 1.29 is 21.0 Å². The molecule has 0 saturated heterocycles. The second kappa shape index (κ2) is 5.49. The second-order valence-electron chi connectivity index (χ2n) is 4.98. The van der Waals surface area contributed by atoms with Gasteiger partial charge < -0.3 is 4.18 Å². The topological polar surface area (TPSA) is 115 Å². The fraction of sp³-hybridized carbons (Fsp3) is 0.0714. The Morgan fingerprint density at radius 3 is 2.29 bits per heavy atom. The van der Waals surface area contributed by atoms with Crippen LogP contribution in [0.2, 0.25) is 0 Å². The highest BCUT2D eigenvalue weighted by Gasteiger charge is 2.24. The molecule has 10 heteroatoms. The lowest BCUT2D eigenvalue weighted by atomic mass is 10.3. The Balaban J connectivity index is 2.15. The summed E-state index contributed by atoms with van der Waals surface area (Å²) in [6.07, 6.45) is 0.939. The van der Waals surface area contributed by atoms with E-state index >= 15 is 0 Å². The number of benzene rings is 2. The largest absolute Gasteiger partial charge is 0.427 e. The molecule has 1 N–H and O–H groups in total. The van der Waals surface area contributed by atoms with E-state index in [2.05, 4.69) is 5.10 Å². The number of hydrogen-bond acceptors (Lipinski definition) is 6. The van der Waals surface area contributed by atoms with Gasteiger partial charge in [-0.3, -0.25) is 4.79 Å². The standard InChI is InChI=1S/C14H12N2O6S2/c1-23(18,19)13-9-5-4-8-12(13)22-24(20,21)16-11-7-3-2-6-10(11)14(17)15-16/h2-9H,1H3,(H,15,17). The normalized spacial score (nSPS) is 12.4. The minimum atomic E-state index is -4.51. The fourth-order valence-electron chi connectivity index (χ4n) is 2.21. The van der Waals surface area contributed by atoms with Gasteiger partial charge in [0.2, 0.25) is 0 Å². The summed E-state index contributed by atoms with van der Waals surface area (Å²) in [5, 5.41) is 2.34. The van der Waals surface area contributed by atoms with Gasteiger partial charge >= 0.3 is 10.3 Å². The minimum Gasteiger partial charge on any atom is -0.364 e. The molecule has 0 fully saturated rings. The lowest BCUT2D eigenvalue weighted by Crippen LogP contribution is -2.22. The Morgan fingerprint density at radius 1 is 0.958 bits per heavy atom. The van der Waals surface area contributed by atoms with Crippen LogP contribution >= 0.6 is 0 Å². The molecule has 1 heterocycles. The van der Waals surface area contributed by atoms with Crippen molar-refractivity contribution in [1.29, 1.82) is 0 Å². The molecule has 0 aliphatic heterocycles. The number of fused-ring (bicyclic) bond motifs is 1. The minimum absolute atomic E-state index is 0.0966. The zero-order valence-corrected chi connectivity index (χ0v) is 14.0. The molecule has 126 valence electrons. The van der Waals surface area contributed by atoms with E-state index in [0.717, 1.165) is 6.26 Å². The van der Waals surface area contributed by atoms with Crippen molar-refractivity contribution in [2.75, 3.05) is 6.26 Å². The number of rotatable bonds is 4. The van der Waals surface area contributed by atoms with Crippen molar-refractivity contribution in [2.24, 2.45) is 0 Å². The Bertz CT molecular complexity index is 1190. The average molecular weight is 368 g/mol. The van der Waals surface area contributed by atoms with Gasteiger partial charge in [0.1, 0.15) is 4.90 Å². The fourth-order valence-corrected chi connectivity index (χ4v) is 4.10. The summed E-state index contributed by atoms with van der Waals surface area (Å²) in [7, 11) is -8.20. The summed E-state index contributed by atoms with van der Waals surface area (Å²) in [5.41, 5.74) is -0.506. The number of sulfone groups is 1. The summed E-state index contributed by atoms with van der Waals surface area (Å²) >= 11 is 0. The van der Waals surface area contributed by atoms with E-state index in [1.54, 1.807) is 12.1 Å². The van der Waals surface area contributed by atoms with E-state index in [9.17, 15) is 21.6 Å². The van der Waals surface area contributed by atoms with Crippen LogP contribution in [-0.4, -0.2) is 32.3 Å². The zero-order valence-electron chi connectivity index (χ0n) is 12.3. The number of hydrogen-bond donors (Lipinski definition) is 1. The smallest absolute Gasteiger partial charge is 0.364 e. The van der Waals surface area contributed by atoms with E-state index in [4.69, 9.17) is 4.18 Å². The third-order valence-electron chi connectivity index (χ3n) is 3.24. The molecule has 1 aromatic heterocycles. The van der Waals surface area contributed by atoms with Crippen molar-refractivity contribution in [1.82, 2.24) is 9.19 Å². The monoisotopic (exact) mass is 368 g/mol. The van der Waals surface area contributed by atoms with Crippen LogP contribution in [0, 0.1) is 0 Å². The highest BCUT2D eigenvalue weighted by molar-refractivity contribution is 7.91. The van der Waals surface area contributed by atoms with Crippen LogP contribution in [0.3, 0.4) is 0 Å². The van der Waals surface area contributed by atoms with Gasteiger partial charge in [0.05, 0.1) is 10.9 Å². The van der Waals surface area contributed by atoms with Crippen molar-refractivity contribution in [3.8, 4) is 5.75 Å². The Labute approximate surface area is 137 Å². The quantitative estimate of drug-likeness (QED) is 0.732. The summed E-state index contributed by atoms with van der Waals surface area (Å²) < 4.78 is 54.0. The lowest BCUT2D eigenvalue weighted by Gasteiger charge is -2.11. The first-order valence-corrected chi connectivity index (χ1v) is 9.90. The molecule has 3 aromatic rings. The summed E-state index contributed by atoms with van der Waals surface area (Å²) in [5.74, 6) is -0.348. The maximum Gasteiger partial charge on any atom is 0.427 e. The van der Waals surface area contributed by atoms with Gasteiger partial charge in [-0.25, -0.2) is 13.5 Å². The van der Waals surface area contributed by atoms with Gasteiger partial charge in [0, 0.05) is 6.26 Å². The van der Waals surface area contributed by atoms with E-state index in [0.29, 0.717) is 4.09 Å². The van der Waals surface area contributed by atoms with Gasteiger partial charge in [0.15, 0.2) is 15.6 Å². The number of H-pyrrole nitrogens is 1. The molecule has 0 unspecified atom stereocenters. The van der Waals surface area contributed by atoms with Crippen LogP contribution < -0.4 is 9.74 Å². The molecule has 0 radical (unpaired) electrons. The molecule has 0 aliphatic rings. The summed E-state index contributed by atoms with van der Waals surface area (Å²) in [6, 6.07) is 11.4. The molecule has 0 atom stereocenters. The van der Waals surface area contributed by atoms with Gasteiger partial charge in [-0.05, 0) is 24.3 Å². The number of aromatic nitrogens is 2. The molecular formula is C14H12N2O6S2. The first-order chi connectivity index (χ1) is 11.2. The van der Waals surface area contributed by atoms with Crippen molar-refractivity contribution in [2.45, 2.75) is 4.90 Å². The van der Waals surface area contributed by atoms with Gasteiger partial charge in [-0.1, -0.05) is 24.3 Å². The molecular weight excluding hydrogens is 356 g/mol. The number of nitrogens with zero attached hydrogens (tertiary/aromatic N) is 1. The molecule has 8 nitrogen and oxygen atoms in total. The van der Waals surface area contributed by atoms with Crippen LogP contribution in [0.5, 0.6) is 5.75 Å². The first kappa shape index (κ1) is 16.3. The van der Waals surface area contributed by atoms with E-state index in [-0.39, 0.29) is 21.5 Å². The number of aromatic amines is 1. The zero-order chi connectivity index (χ0) is 17.5. The van der Waals surface area contributed by atoms with Crippen molar-refractivity contribution in [3.63, 3.8) is 0 Å². The molecule has 0 spiro atoms. The van der Waals surface area contributed by atoms with Crippen molar-refractivity contribution >= 4 is 31.0 Å². The molecule has 24 heavy (non-hydrogen) atoms. The van der Waals surface area contributed by atoms with Gasteiger partial charge in [-0.15, -0.1) is 4.09 Å². The highest BCUT2D eigenvalue weighted by atomic mass is 32.2. The second-order valence-corrected chi connectivity index (χ2v) is 8.35. The molecule has 3 rings (SSSR count). The van der Waals surface area contributed by atoms with E-state index in [1.165, 1.54) is 36.4 Å². The van der Waals surface area contributed by atoms with Crippen molar-refractivity contribution in [3.05, 3.63) is 58.9 Å². The van der Waals surface area contributed by atoms with Gasteiger partial charge in [-0.2, -0.15) is 8.42 Å². The SMILES string of the molecule is CS(=O)(=O)c1ccccc1OS(=O)(=O)n1[nH]c(=O)c2ccccc21. The predicted molar refractivity (Wildman–Crippen MR) is 87.1 cm³/mol. The molecule has 2 aromatic carbocycles. The maximum absolute atomic E-state index is 12.5. The Morgan fingerprint density at radius 2 is 1.58 bits per heavy atom. The third kappa shape index (κ3) is 2.81. The number of para-hydroxylation sites is 2. The molecule has 0 aliphatic carbocycles. The molecule has 0 bridgehead atoms. The Kier molecular flexibility index (Phi) is 3.73. The maximum atomic E-state index is 12.5. The summed E-state index contributed by atoms with van der Waals surface area (Å²) in [4.78, 5) is 11.6. The first-order valence-electron chi connectivity index (χ1n) is 6.64. The van der Waals surface area contributed by atoms with Crippen LogP contribution in [0.1, 0.15) is 0 Å².